The van der Waals surface area contributed by atoms with Crippen molar-refractivity contribution < 1.29 is 18.3 Å². The predicted octanol–water partition coefficient (Wildman–Crippen LogP) is 3.12. The van der Waals surface area contributed by atoms with E-state index in [-0.39, 0.29) is 11.3 Å². The Hall–Kier alpha value is -2.70. The maximum absolute atomic E-state index is 12.5. The lowest BCUT2D eigenvalue weighted by molar-refractivity contribution is -0.138. The van der Waals surface area contributed by atoms with Gasteiger partial charge in [-0.25, -0.2) is 8.42 Å². The maximum atomic E-state index is 12.5. The van der Waals surface area contributed by atoms with E-state index in [0.29, 0.717) is 0 Å². The lowest BCUT2D eigenvalue weighted by Gasteiger charge is -2.15. The Labute approximate surface area is 152 Å². The van der Waals surface area contributed by atoms with E-state index in [1.54, 1.807) is 12.1 Å². The number of sulfonamides is 1. The van der Waals surface area contributed by atoms with Crippen LogP contribution in [0.15, 0.2) is 71.6 Å². The zero-order valence-corrected chi connectivity index (χ0v) is 15.0. The minimum atomic E-state index is -3.91. The van der Waals surface area contributed by atoms with Crippen molar-refractivity contribution in [2.24, 2.45) is 0 Å². The molecule has 3 aromatic rings. The Bertz CT molecular complexity index is 1040. The van der Waals surface area contributed by atoms with Crippen molar-refractivity contribution in [3.63, 3.8) is 0 Å². The molecule has 0 radical (unpaired) electrons. The molecule has 0 spiro atoms. The Balaban J connectivity index is 1.84. The summed E-state index contributed by atoms with van der Waals surface area (Å²) < 4.78 is 27.3. The summed E-state index contributed by atoms with van der Waals surface area (Å²) >= 11 is 0. The maximum Gasteiger partial charge on any atom is 0.322 e. The van der Waals surface area contributed by atoms with Crippen LogP contribution in [-0.2, 0) is 21.2 Å². The third kappa shape index (κ3) is 4.09. The van der Waals surface area contributed by atoms with Crippen LogP contribution >= 0.6 is 0 Å². The number of hydrogen-bond acceptors (Lipinski definition) is 3. The molecule has 0 heterocycles. The molecule has 3 rings (SSSR count). The van der Waals surface area contributed by atoms with Gasteiger partial charge in [-0.3, -0.25) is 4.79 Å². The summed E-state index contributed by atoms with van der Waals surface area (Å²) in [5, 5.41) is 11.5. The second-order valence-corrected chi connectivity index (χ2v) is 7.92. The smallest absolute Gasteiger partial charge is 0.322 e. The molecule has 1 atom stereocenters. The Morgan fingerprint density at radius 2 is 1.65 bits per heavy atom. The molecule has 0 bridgehead atoms. The van der Waals surface area contributed by atoms with Crippen LogP contribution in [0, 0.1) is 6.92 Å². The fraction of sp³-hybridized carbons (Fsp3) is 0.150. The van der Waals surface area contributed by atoms with Crippen molar-refractivity contribution in [2.75, 3.05) is 0 Å². The normalized spacial score (nSPS) is 12.8. The van der Waals surface area contributed by atoms with Crippen molar-refractivity contribution in [1.29, 1.82) is 0 Å². The summed E-state index contributed by atoms with van der Waals surface area (Å²) in [5.41, 5.74) is 1.68. The average Bonchev–Trinajstić information content (AvgIpc) is 2.61. The summed E-state index contributed by atoms with van der Waals surface area (Å²) in [7, 11) is -3.91. The van der Waals surface area contributed by atoms with Gasteiger partial charge in [0.1, 0.15) is 6.04 Å². The van der Waals surface area contributed by atoms with Gasteiger partial charge in [-0.1, -0.05) is 60.2 Å². The first kappa shape index (κ1) is 18.1. The van der Waals surface area contributed by atoms with E-state index in [4.69, 9.17) is 0 Å². The number of rotatable bonds is 6. The molecule has 5 nitrogen and oxygen atoms in total. The number of benzene rings is 3. The van der Waals surface area contributed by atoms with Gasteiger partial charge in [0.05, 0.1) is 4.90 Å². The van der Waals surface area contributed by atoms with Crippen molar-refractivity contribution in [3.8, 4) is 0 Å². The molecular formula is C20H19NO4S. The van der Waals surface area contributed by atoms with Crippen LogP contribution in [-0.4, -0.2) is 25.5 Å². The molecule has 0 aromatic heterocycles. The molecule has 0 saturated heterocycles. The number of carbonyl (C=O) groups is 1. The summed E-state index contributed by atoms with van der Waals surface area (Å²) in [5.74, 6) is -1.21. The van der Waals surface area contributed by atoms with Crippen LogP contribution in [0.2, 0.25) is 0 Å². The first-order valence-corrected chi connectivity index (χ1v) is 9.63. The van der Waals surface area contributed by atoms with E-state index in [9.17, 15) is 18.3 Å². The van der Waals surface area contributed by atoms with Crippen LogP contribution in [0.5, 0.6) is 0 Å². The zero-order valence-electron chi connectivity index (χ0n) is 14.2. The minimum Gasteiger partial charge on any atom is -0.480 e. The highest BCUT2D eigenvalue weighted by atomic mass is 32.2. The fourth-order valence-electron chi connectivity index (χ4n) is 2.75. The molecule has 0 aliphatic carbocycles. The molecule has 6 heteroatoms. The van der Waals surface area contributed by atoms with Gasteiger partial charge in [-0.15, -0.1) is 0 Å². The molecule has 0 aliphatic rings. The van der Waals surface area contributed by atoms with E-state index in [2.05, 4.69) is 4.72 Å². The standard InChI is InChI=1S/C20H19NO4S/c1-14-6-10-18(11-7-14)26(24,25)21-19(20(22)23)13-15-8-9-16-4-2-3-5-17(16)12-15/h2-12,19,21H,13H2,1H3,(H,22,23)/t19-/m0/s1. The van der Waals surface area contributed by atoms with Gasteiger partial charge in [-0.05, 0) is 41.8 Å². The van der Waals surface area contributed by atoms with Crippen molar-refractivity contribution in [3.05, 3.63) is 77.9 Å². The van der Waals surface area contributed by atoms with Crippen LogP contribution in [0.1, 0.15) is 11.1 Å². The second kappa shape index (κ2) is 7.27. The molecule has 3 aromatic carbocycles. The first-order valence-electron chi connectivity index (χ1n) is 8.15. The first-order chi connectivity index (χ1) is 12.3. The van der Waals surface area contributed by atoms with Gasteiger partial charge in [-0.2, -0.15) is 4.72 Å². The Kier molecular flexibility index (Phi) is 5.06. The van der Waals surface area contributed by atoms with Gasteiger partial charge >= 0.3 is 5.97 Å². The summed E-state index contributed by atoms with van der Waals surface area (Å²) in [6, 6.07) is 18.4. The highest BCUT2D eigenvalue weighted by molar-refractivity contribution is 7.89. The molecule has 0 amide bonds. The number of nitrogens with one attached hydrogen (secondary N) is 1. The highest BCUT2D eigenvalue weighted by Crippen LogP contribution is 2.18. The van der Waals surface area contributed by atoms with E-state index < -0.39 is 22.0 Å². The highest BCUT2D eigenvalue weighted by Gasteiger charge is 2.25. The van der Waals surface area contributed by atoms with Gasteiger partial charge in [0.25, 0.3) is 0 Å². The van der Waals surface area contributed by atoms with Crippen LogP contribution in [0.4, 0.5) is 0 Å². The summed E-state index contributed by atoms with van der Waals surface area (Å²) in [4.78, 5) is 11.7. The third-order valence-electron chi connectivity index (χ3n) is 4.18. The monoisotopic (exact) mass is 369 g/mol. The predicted molar refractivity (Wildman–Crippen MR) is 101 cm³/mol. The number of carboxylic acid groups (broad SMARTS) is 1. The number of aliphatic carboxylic acids is 1. The topological polar surface area (TPSA) is 83.5 Å². The molecular weight excluding hydrogens is 350 g/mol. The third-order valence-corrected chi connectivity index (χ3v) is 5.67. The molecule has 2 N–H and O–H groups in total. The number of hydrogen-bond donors (Lipinski definition) is 2. The van der Waals surface area contributed by atoms with E-state index in [1.165, 1.54) is 12.1 Å². The lowest BCUT2D eigenvalue weighted by atomic mass is 10.0. The second-order valence-electron chi connectivity index (χ2n) is 6.21. The van der Waals surface area contributed by atoms with Gasteiger partial charge in [0, 0.05) is 0 Å². The van der Waals surface area contributed by atoms with Crippen LogP contribution in [0.25, 0.3) is 10.8 Å². The van der Waals surface area contributed by atoms with E-state index in [1.807, 2.05) is 49.4 Å². The van der Waals surface area contributed by atoms with Crippen LogP contribution in [0.3, 0.4) is 0 Å². The van der Waals surface area contributed by atoms with Gasteiger partial charge < -0.3 is 5.11 Å². The summed E-state index contributed by atoms with van der Waals surface area (Å²) in [6.45, 7) is 1.85. The van der Waals surface area contributed by atoms with E-state index >= 15 is 0 Å². The van der Waals surface area contributed by atoms with Gasteiger partial charge in [0.15, 0.2) is 0 Å². The summed E-state index contributed by atoms with van der Waals surface area (Å²) in [6.07, 6.45) is 0.0608. The lowest BCUT2D eigenvalue weighted by Crippen LogP contribution is -2.42. The van der Waals surface area contributed by atoms with Crippen LogP contribution < -0.4 is 4.72 Å². The Morgan fingerprint density at radius 1 is 1.00 bits per heavy atom. The largest absolute Gasteiger partial charge is 0.480 e. The molecule has 134 valence electrons. The number of aryl methyl sites for hydroxylation is 1. The average molecular weight is 369 g/mol. The SMILES string of the molecule is Cc1ccc(S(=O)(=O)N[C@@H](Cc2ccc3ccccc3c2)C(=O)O)cc1. The molecule has 0 aliphatic heterocycles. The molecule has 26 heavy (non-hydrogen) atoms. The molecule has 0 fully saturated rings. The minimum absolute atomic E-state index is 0.0489. The Morgan fingerprint density at radius 3 is 2.31 bits per heavy atom. The van der Waals surface area contributed by atoms with Crippen molar-refractivity contribution in [1.82, 2.24) is 4.72 Å². The molecule has 0 saturated carbocycles. The fourth-order valence-corrected chi connectivity index (χ4v) is 3.94. The number of fused-ring (bicyclic) bond motifs is 1. The van der Waals surface area contributed by atoms with Crippen molar-refractivity contribution in [2.45, 2.75) is 24.3 Å². The van der Waals surface area contributed by atoms with E-state index in [0.717, 1.165) is 21.9 Å². The quantitative estimate of drug-likeness (QED) is 0.699. The number of carboxylic acids is 1. The zero-order chi connectivity index (χ0) is 18.7. The molecule has 0 unspecified atom stereocenters. The van der Waals surface area contributed by atoms with Gasteiger partial charge in [0.2, 0.25) is 10.0 Å². The van der Waals surface area contributed by atoms with Crippen molar-refractivity contribution >= 4 is 26.8 Å².